The van der Waals surface area contributed by atoms with Crippen molar-refractivity contribution in [2.45, 2.75) is 30.3 Å². The molecule has 7 heteroatoms. The van der Waals surface area contributed by atoms with E-state index >= 15 is 0 Å². The van der Waals surface area contributed by atoms with Crippen LogP contribution < -0.4 is 0 Å². The van der Waals surface area contributed by atoms with E-state index in [1.807, 2.05) is 16.8 Å². The molecule has 1 aliphatic rings. The summed E-state index contributed by atoms with van der Waals surface area (Å²) in [6.07, 6.45) is 1.83. The molecule has 21 heavy (non-hydrogen) atoms. The van der Waals surface area contributed by atoms with Gasteiger partial charge in [0.25, 0.3) is 0 Å². The minimum atomic E-state index is -3.58. The Morgan fingerprint density at radius 2 is 2.10 bits per heavy atom. The van der Waals surface area contributed by atoms with Crippen LogP contribution in [0.4, 0.5) is 0 Å². The van der Waals surface area contributed by atoms with Crippen LogP contribution in [0.25, 0.3) is 0 Å². The van der Waals surface area contributed by atoms with Crippen molar-refractivity contribution in [1.82, 2.24) is 4.31 Å². The third kappa shape index (κ3) is 3.35. The molecule has 0 spiro atoms. The van der Waals surface area contributed by atoms with E-state index in [1.165, 1.54) is 0 Å². The van der Waals surface area contributed by atoms with Gasteiger partial charge in [-0.2, -0.15) is 15.6 Å². The Bertz CT molecular complexity index is 742. The van der Waals surface area contributed by atoms with Gasteiger partial charge in [0, 0.05) is 17.1 Å². The molecule has 1 fully saturated rings. The van der Waals surface area contributed by atoms with Gasteiger partial charge in [0.1, 0.15) is 4.90 Å². The quantitative estimate of drug-likeness (QED) is 0.732. The third-order valence-corrected chi connectivity index (χ3v) is 6.96. The van der Waals surface area contributed by atoms with Crippen LogP contribution in [-0.2, 0) is 16.6 Å². The van der Waals surface area contributed by atoms with Crippen molar-refractivity contribution in [2.75, 3.05) is 0 Å². The standard InChI is InChI=1S/C14H13BrClNO2S2/c15-11-1-4-14(13(16)7-11)21(18,19)17(12-2-3-12)8-10-5-6-20-9-10/h1,4-7,9,12H,2-3,8H2. The maximum Gasteiger partial charge on any atom is 0.245 e. The zero-order chi connectivity index (χ0) is 15.0. The molecule has 0 aliphatic heterocycles. The first kappa shape index (κ1) is 15.5. The number of nitrogens with zero attached hydrogens (tertiary/aromatic N) is 1. The second-order valence-corrected chi connectivity index (χ2v) is 8.95. The average molecular weight is 407 g/mol. The molecule has 2 aromatic rings. The van der Waals surface area contributed by atoms with Gasteiger partial charge in [-0.05, 0) is 53.4 Å². The normalized spacial score (nSPS) is 15.6. The SMILES string of the molecule is O=S(=O)(c1ccc(Br)cc1Cl)N(Cc1ccsc1)C1CC1. The summed E-state index contributed by atoms with van der Waals surface area (Å²) in [7, 11) is -3.58. The predicted octanol–water partition coefficient (Wildman–Crippen LogP) is 4.52. The van der Waals surface area contributed by atoms with E-state index < -0.39 is 10.0 Å². The van der Waals surface area contributed by atoms with Gasteiger partial charge in [0.05, 0.1) is 5.02 Å². The fourth-order valence-electron chi connectivity index (χ4n) is 2.15. The second-order valence-electron chi connectivity index (χ2n) is 4.99. The Kier molecular flexibility index (Phi) is 4.43. The van der Waals surface area contributed by atoms with Gasteiger partial charge in [-0.3, -0.25) is 0 Å². The molecule has 1 aromatic heterocycles. The van der Waals surface area contributed by atoms with Gasteiger partial charge in [-0.25, -0.2) is 8.42 Å². The first-order chi connectivity index (χ1) is 9.98. The van der Waals surface area contributed by atoms with Gasteiger partial charge in [-0.1, -0.05) is 27.5 Å². The van der Waals surface area contributed by atoms with Crippen LogP contribution in [0, 0.1) is 0 Å². The highest BCUT2D eigenvalue weighted by atomic mass is 79.9. The van der Waals surface area contributed by atoms with Gasteiger partial charge in [0.15, 0.2) is 0 Å². The molecule has 0 saturated heterocycles. The van der Waals surface area contributed by atoms with Gasteiger partial charge in [0.2, 0.25) is 10.0 Å². The lowest BCUT2D eigenvalue weighted by Gasteiger charge is -2.22. The Hall–Kier alpha value is -0.400. The number of thiophene rings is 1. The first-order valence-electron chi connectivity index (χ1n) is 6.46. The second kappa shape index (κ2) is 6.01. The largest absolute Gasteiger partial charge is 0.245 e. The number of hydrogen-bond acceptors (Lipinski definition) is 3. The van der Waals surface area contributed by atoms with Crippen LogP contribution in [0.2, 0.25) is 5.02 Å². The van der Waals surface area contributed by atoms with Crippen molar-refractivity contribution in [3.8, 4) is 0 Å². The lowest BCUT2D eigenvalue weighted by atomic mass is 10.3. The van der Waals surface area contributed by atoms with Crippen LogP contribution in [-0.4, -0.2) is 18.8 Å². The highest BCUT2D eigenvalue weighted by molar-refractivity contribution is 9.10. The minimum absolute atomic E-state index is 0.0922. The molecule has 0 amide bonds. The van der Waals surface area contributed by atoms with E-state index in [2.05, 4.69) is 15.9 Å². The molecule has 3 nitrogen and oxygen atoms in total. The Morgan fingerprint density at radius 1 is 1.33 bits per heavy atom. The van der Waals surface area contributed by atoms with E-state index in [-0.39, 0.29) is 16.0 Å². The molecule has 0 bridgehead atoms. The van der Waals surface area contributed by atoms with E-state index in [0.717, 1.165) is 22.9 Å². The highest BCUT2D eigenvalue weighted by Crippen LogP contribution is 2.36. The zero-order valence-electron chi connectivity index (χ0n) is 11.0. The lowest BCUT2D eigenvalue weighted by Crippen LogP contribution is -2.32. The fourth-order valence-corrected chi connectivity index (χ4v) is 5.49. The van der Waals surface area contributed by atoms with Crippen LogP contribution >= 0.6 is 38.9 Å². The first-order valence-corrected chi connectivity index (χ1v) is 10.0. The van der Waals surface area contributed by atoms with E-state index in [4.69, 9.17) is 11.6 Å². The zero-order valence-corrected chi connectivity index (χ0v) is 15.0. The number of benzene rings is 1. The topological polar surface area (TPSA) is 37.4 Å². The van der Waals surface area contributed by atoms with Crippen LogP contribution in [0.3, 0.4) is 0 Å². The van der Waals surface area contributed by atoms with Crippen molar-refractivity contribution in [1.29, 1.82) is 0 Å². The van der Waals surface area contributed by atoms with Crippen molar-refractivity contribution in [3.05, 3.63) is 50.1 Å². The molecular formula is C14H13BrClNO2S2. The predicted molar refractivity (Wildman–Crippen MR) is 89.2 cm³/mol. The molecule has 112 valence electrons. The van der Waals surface area contributed by atoms with Crippen molar-refractivity contribution in [3.63, 3.8) is 0 Å². The van der Waals surface area contributed by atoms with Crippen molar-refractivity contribution < 1.29 is 8.42 Å². The highest BCUT2D eigenvalue weighted by Gasteiger charge is 2.38. The molecule has 0 atom stereocenters. The Balaban J connectivity index is 1.97. The monoisotopic (exact) mass is 405 g/mol. The van der Waals surface area contributed by atoms with Crippen LogP contribution in [0.1, 0.15) is 18.4 Å². The summed E-state index contributed by atoms with van der Waals surface area (Å²) in [5.74, 6) is 0. The molecule has 1 aliphatic carbocycles. The summed E-state index contributed by atoms with van der Waals surface area (Å²) in [4.78, 5) is 0.175. The summed E-state index contributed by atoms with van der Waals surface area (Å²) in [5, 5.41) is 4.19. The number of halogens is 2. The molecule has 0 unspecified atom stereocenters. The van der Waals surface area contributed by atoms with Gasteiger partial charge >= 0.3 is 0 Å². The lowest BCUT2D eigenvalue weighted by molar-refractivity contribution is 0.399. The van der Waals surface area contributed by atoms with Crippen LogP contribution in [0.15, 0.2) is 44.4 Å². The third-order valence-electron chi connectivity index (χ3n) is 3.35. The molecule has 1 saturated carbocycles. The van der Waals surface area contributed by atoms with Crippen LogP contribution in [0.5, 0.6) is 0 Å². The minimum Gasteiger partial charge on any atom is -0.207 e. The van der Waals surface area contributed by atoms with Crippen molar-refractivity contribution in [2.24, 2.45) is 0 Å². The summed E-state index contributed by atoms with van der Waals surface area (Å²) in [5.41, 5.74) is 1.02. The molecule has 0 N–H and O–H groups in total. The molecule has 1 heterocycles. The van der Waals surface area contributed by atoms with E-state index in [9.17, 15) is 8.42 Å². The summed E-state index contributed by atoms with van der Waals surface area (Å²) in [6, 6.07) is 6.93. The maximum absolute atomic E-state index is 12.9. The Morgan fingerprint density at radius 3 is 2.67 bits per heavy atom. The number of rotatable bonds is 5. The van der Waals surface area contributed by atoms with E-state index in [1.54, 1.807) is 33.8 Å². The number of sulfonamides is 1. The fraction of sp³-hybridized carbons (Fsp3) is 0.286. The summed E-state index contributed by atoms with van der Waals surface area (Å²) in [6.45, 7) is 0.406. The average Bonchev–Trinajstić information content (AvgIpc) is 3.11. The summed E-state index contributed by atoms with van der Waals surface area (Å²) >= 11 is 11.0. The molecular weight excluding hydrogens is 394 g/mol. The maximum atomic E-state index is 12.9. The number of hydrogen-bond donors (Lipinski definition) is 0. The molecule has 1 aromatic carbocycles. The summed E-state index contributed by atoms with van der Waals surface area (Å²) < 4.78 is 28.1. The Labute approximate surface area is 141 Å². The van der Waals surface area contributed by atoms with Gasteiger partial charge in [-0.15, -0.1) is 0 Å². The smallest absolute Gasteiger partial charge is 0.207 e. The van der Waals surface area contributed by atoms with E-state index in [0.29, 0.717) is 6.54 Å². The molecule has 0 radical (unpaired) electrons. The molecule has 3 rings (SSSR count). The van der Waals surface area contributed by atoms with Gasteiger partial charge < -0.3 is 0 Å². The van der Waals surface area contributed by atoms with Crippen molar-refractivity contribution >= 4 is 48.9 Å².